The Bertz CT molecular complexity index is 1150. The van der Waals surface area contributed by atoms with Crippen molar-refractivity contribution in [3.8, 4) is 5.75 Å². The van der Waals surface area contributed by atoms with Crippen molar-refractivity contribution < 1.29 is 14.3 Å². The Balaban J connectivity index is 1.44. The van der Waals surface area contributed by atoms with Crippen LogP contribution in [-0.2, 0) is 22.6 Å². The molecule has 2 amide bonds. The molecule has 3 aromatic rings. The molecule has 2 aromatic carbocycles. The molecule has 7 heteroatoms. The number of fused-ring (bicyclic) bond motifs is 1. The fourth-order valence-electron chi connectivity index (χ4n) is 4.14. The zero-order valence-electron chi connectivity index (χ0n) is 22.2. The van der Waals surface area contributed by atoms with Gasteiger partial charge in [0, 0.05) is 26.6 Å². The number of ether oxygens (including phenoxy) is 1. The minimum absolute atomic E-state index is 0.0229. The van der Waals surface area contributed by atoms with Crippen molar-refractivity contribution >= 4 is 22.8 Å². The molecule has 0 saturated carbocycles. The predicted molar refractivity (Wildman–Crippen MR) is 144 cm³/mol. The third kappa shape index (κ3) is 7.83. The molecule has 7 nitrogen and oxygen atoms in total. The lowest BCUT2D eigenvalue weighted by Gasteiger charge is -2.18. The van der Waals surface area contributed by atoms with Crippen molar-refractivity contribution in [1.29, 1.82) is 0 Å². The van der Waals surface area contributed by atoms with Gasteiger partial charge in [0.25, 0.3) is 5.91 Å². The number of hydrogen-bond donors (Lipinski definition) is 1. The van der Waals surface area contributed by atoms with Gasteiger partial charge in [-0.25, -0.2) is 4.98 Å². The highest BCUT2D eigenvalue weighted by Gasteiger charge is 2.16. The van der Waals surface area contributed by atoms with Gasteiger partial charge in [-0.3, -0.25) is 9.59 Å². The van der Waals surface area contributed by atoms with Crippen molar-refractivity contribution in [2.24, 2.45) is 0 Å². The average Bonchev–Trinajstić information content (AvgIpc) is 3.22. The van der Waals surface area contributed by atoms with Crippen LogP contribution in [0.3, 0.4) is 0 Å². The molecule has 0 aliphatic rings. The molecular weight excluding hydrogens is 452 g/mol. The summed E-state index contributed by atoms with van der Waals surface area (Å²) in [5.74, 6) is 1.70. The second-order valence-electron chi connectivity index (χ2n) is 9.49. The Hall–Kier alpha value is -3.35. The molecule has 0 aliphatic carbocycles. The normalized spacial score (nSPS) is 11.0. The molecule has 0 bridgehead atoms. The van der Waals surface area contributed by atoms with E-state index in [2.05, 4.69) is 16.8 Å². The zero-order valence-corrected chi connectivity index (χ0v) is 22.2. The summed E-state index contributed by atoms with van der Waals surface area (Å²) in [6.07, 6.45) is 5.66. The fourth-order valence-corrected chi connectivity index (χ4v) is 4.14. The summed E-state index contributed by atoms with van der Waals surface area (Å²) in [6.45, 7) is 7.84. The van der Waals surface area contributed by atoms with Crippen LogP contribution in [0.25, 0.3) is 11.0 Å². The van der Waals surface area contributed by atoms with Gasteiger partial charge in [-0.2, -0.15) is 0 Å². The van der Waals surface area contributed by atoms with E-state index in [9.17, 15) is 9.59 Å². The Morgan fingerprint density at radius 3 is 2.67 bits per heavy atom. The summed E-state index contributed by atoms with van der Waals surface area (Å²) < 4.78 is 7.74. The molecule has 0 atom stereocenters. The highest BCUT2D eigenvalue weighted by Crippen LogP contribution is 2.19. The van der Waals surface area contributed by atoms with E-state index in [0.29, 0.717) is 13.1 Å². The molecule has 0 fully saturated rings. The monoisotopic (exact) mass is 492 g/mol. The van der Waals surface area contributed by atoms with Crippen LogP contribution in [0.5, 0.6) is 5.75 Å². The largest absolute Gasteiger partial charge is 0.483 e. The highest BCUT2D eigenvalue weighted by atomic mass is 16.5. The molecule has 1 N–H and O–H groups in total. The van der Waals surface area contributed by atoms with Crippen molar-refractivity contribution in [2.75, 3.05) is 26.7 Å². The Labute approximate surface area is 214 Å². The summed E-state index contributed by atoms with van der Waals surface area (Å²) >= 11 is 0. The Kier molecular flexibility index (Phi) is 10.3. The van der Waals surface area contributed by atoms with E-state index in [-0.39, 0.29) is 18.4 Å². The van der Waals surface area contributed by atoms with E-state index in [0.717, 1.165) is 78.8 Å². The number of amides is 2. The van der Waals surface area contributed by atoms with Crippen LogP contribution < -0.4 is 10.1 Å². The number of nitrogens with one attached hydrogen (secondary N) is 1. The molecule has 0 unspecified atom stereocenters. The molecule has 194 valence electrons. The SMILES string of the molecule is CCCCN(C)C(=O)Cn1c(CCCCCNC(=O)COc2cc(C)ccc2C)nc2ccccc21. The number of aryl methyl sites for hydroxylation is 3. The minimum Gasteiger partial charge on any atom is -0.483 e. The van der Waals surface area contributed by atoms with Crippen LogP contribution in [0.15, 0.2) is 42.5 Å². The summed E-state index contributed by atoms with van der Waals surface area (Å²) in [7, 11) is 1.87. The number of carbonyl (C=O) groups excluding carboxylic acids is 2. The number of imidazole rings is 1. The smallest absolute Gasteiger partial charge is 0.257 e. The molecule has 0 spiro atoms. The van der Waals surface area contributed by atoms with Crippen molar-refractivity contribution in [3.05, 3.63) is 59.4 Å². The van der Waals surface area contributed by atoms with Crippen molar-refractivity contribution in [2.45, 2.75) is 65.8 Å². The lowest BCUT2D eigenvalue weighted by molar-refractivity contribution is -0.130. The van der Waals surface area contributed by atoms with Gasteiger partial charge < -0.3 is 19.5 Å². The molecule has 0 aliphatic heterocycles. The maximum atomic E-state index is 12.8. The Morgan fingerprint density at radius 1 is 1.06 bits per heavy atom. The molecule has 1 aromatic heterocycles. The van der Waals surface area contributed by atoms with Gasteiger partial charge in [-0.05, 0) is 62.4 Å². The molecule has 0 saturated heterocycles. The van der Waals surface area contributed by atoms with Crippen LogP contribution in [0.4, 0.5) is 0 Å². The summed E-state index contributed by atoms with van der Waals surface area (Å²) in [5.41, 5.74) is 4.06. The predicted octanol–water partition coefficient (Wildman–Crippen LogP) is 4.82. The topological polar surface area (TPSA) is 76.5 Å². The first kappa shape index (κ1) is 27.2. The third-order valence-electron chi connectivity index (χ3n) is 6.40. The van der Waals surface area contributed by atoms with Crippen LogP contribution in [0, 0.1) is 13.8 Å². The van der Waals surface area contributed by atoms with Crippen molar-refractivity contribution in [3.63, 3.8) is 0 Å². The first-order chi connectivity index (χ1) is 17.4. The van der Waals surface area contributed by atoms with Crippen LogP contribution >= 0.6 is 0 Å². The lowest BCUT2D eigenvalue weighted by atomic mass is 10.1. The first-order valence-electron chi connectivity index (χ1n) is 13.0. The van der Waals surface area contributed by atoms with Gasteiger partial charge in [0.15, 0.2) is 6.61 Å². The van der Waals surface area contributed by atoms with Crippen LogP contribution in [0.2, 0.25) is 0 Å². The lowest BCUT2D eigenvalue weighted by Crippen LogP contribution is -2.31. The minimum atomic E-state index is -0.108. The van der Waals surface area contributed by atoms with E-state index in [1.54, 1.807) is 0 Å². The third-order valence-corrected chi connectivity index (χ3v) is 6.40. The number of likely N-dealkylation sites (N-methyl/N-ethyl adjacent to an activating group) is 1. The first-order valence-corrected chi connectivity index (χ1v) is 13.0. The van der Waals surface area contributed by atoms with Gasteiger partial charge >= 0.3 is 0 Å². The van der Waals surface area contributed by atoms with E-state index >= 15 is 0 Å². The van der Waals surface area contributed by atoms with E-state index in [1.807, 2.05) is 68.3 Å². The quantitative estimate of drug-likeness (QED) is 0.327. The number of benzene rings is 2. The average molecular weight is 493 g/mol. The number of carbonyl (C=O) groups is 2. The summed E-state index contributed by atoms with van der Waals surface area (Å²) in [5, 5.41) is 2.94. The van der Waals surface area contributed by atoms with Gasteiger partial charge in [0.05, 0.1) is 11.0 Å². The highest BCUT2D eigenvalue weighted by molar-refractivity contribution is 5.81. The van der Waals surface area contributed by atoms with Gasteiger partial charge in [-0.15, -0.1) is 0 Å². The van der Waals surface area contributed by atoms with Crippen LogP contribution in [0.1, 0.15) is 56.0 Å². The number of nitrogens with zero attached hydrogens (tertiary/aromatic N) is 3. The maximum absolute atomic E-state index is 12.8. The van der Waals surface area contributed by atoms with Crippen molar-refractivity contribution in [1.82, 2.24) is 19.8 Å². The second kappa shape index (κ2) is 13.7. The van der Waals surface area contributed by atoms with E-state index in [1.165, 1.54) is 0 Å². The summed E-state index contributed by atoms with van der Waals surface area (Å²) in [4.78, 5) is 31.6. The molecular formula is C29H40N4O3. The second-order valence-corrected chi connectivity index (χ2v) is 9.49. The van der Waals surface area contributed by atoms with E-state index in [4.69, 9.17) is 9.72 Å². The van der Waals surface area contributed by atoms with Gasteiger partial charge in [-0.1, -0.05) is 44.0 Å². The molecule has 36 heavy (non-hydrogen) atoms. The molecule has 1 heterocycles. The van der Waals surface area contributed by atoms with Gasteiger partial charge in [0.2, 0.25) is 5.91 Å². The fraction of sp³-hybridized carbons (Fsp3) is 0.483. The number of para-hydroxylation sites is 2. The van der Waals surface area contributed by atoms with Gasteiger partial charge in [0.1, 0.15) is 18.1 Å². The standard InChI is InChI=1S/C29H40N4O3/c1-5-6-18-32(4)29(35)20-33-25-13-10-9-12-24(25)31-27(33)14-8-7-11-17-30-28(34)21-36-26-19-22(2)15-16-23(26)3/h9-10,12-13,15-16,19H,5-8,11,14,17-18,20-21H2,1-4H3,(H,30,34). The molecule has 0 radical (unpaired) electrons. The summed E-state index contributed by atoms with van der Waals surface area (Å²) in [6, 6.07) is 14.0. The van der Waals surface area contributed by atoms with Crippen LogP contribution in [-0.4, -0.2) is 53.0 Å². The maximum Gasteiger partial charge on any atom is 0.257 e. The number of rotatable bonds is 14. The molecule has 3 rings (SSSR count). The number of unbranched alkanes of at least 4 members (excludes halogenated alkanes) is 3. The zero-order chi connectivity index (χ0) is 25.9. The Morgan fingerprint density at radius 2 is 1.86 bits per heavy atom. The number of aromatic nitrogens is 2. The number of hydrogen-bond acceptors (Lipinski definition) is 4. The van der Waals surface area contributed by atoms with E-state index < -0.39 is 0 Å².